The van der Waals surface area contributed by atoms with Crippen molar-refractivity contribution < 1.29 is 4.42 Å². The van der Waals surface area contributed by atoms with Crippen LogP contribution in [-0.4, -0.2) is 9.38 Å². The Balaban J connectivity index is 1.51. The number of hydrogen-bond acceptors (Lipinski definition) is 2. The largest absolute Gasteiger partial charge is 0.432 e. The molecule has 6 aromatic rings. The van der Waals surface area contributed by atoms with Crippen LogP contribution in [0, 0.1) is 0 Å². The van der Waals surface area contributed by atoms with Crippen molar-refractivity contribution in [2.24, 2.45) is 0 Å². The van der Waals surface area contributed by atoms with E-state index in [0.29, 0.717) is 5.84 Å². The smallest absolute Gasteiger partial charge is 0.306 e. The topological polar surface area (TPSA) is 30.4 Å². The van der Waals surface area contributed by atoms with Crippen molar-refractivity contribution in [3.63, 3.8) is 0 Å². The van der Waals surface area contributed by atoms with Crippen LogP contribution in [0.3, 0.4) is 0 Å². The van der Waals surface area contributed by atoms with Crippen molar-refractivity contribution in [1.82, 2.24) is 9.38 Å². The van der Waals surface area contributed by atoms with Crippen molar-refractivity contribution in [2.45, 2.75) is 0 Å². The molecule has 0 fully saturated rings. The van der Waals surface area contributed by atoms with Crippen LogP contribution in [-0.2, 0) is 0 Å². The molecule has 0 radical (unpaired) electrons. The summed E-state index contributed by atoms with van der Waals surface area (Å²) in [5, 5.41) is 2.43. The van der Waals surface area contributed by atoms with Crippen LogP contribution in [0.15, 0.2) is 114 Å². The molecule has 30 heavy (non-hydrogen) atoms. The second kappa shape index (κ2) is 6.75. The normalized spacial score (nSPS) is 11.3. The summed E-state index contributed by atoms with van der Waals surface area (Å²) in [7, 11) is 0. The molecule has 3 heteroatoms. The average Bonchev–Trinajstić information content (AvgIpc) is 3.41. The number of hydrogen-bond donors (Lipinski definition) is 0. The molecule has 0 N–H and O–H groups in total. The molecule has 4 aromatic carbocycles. The minimum Gasteiger partial charge on any atom is -0.432 e. The number of oxazole rings is 1. The Morgan fingerprint density at radius 3 is 2.10 bits per heavy atom. The van der Waals surface area contributed by atoms with Gasteiger partial charge in [-0.25, -0.2) is 0 Å². The summed E-state index contributed by atoms with van der Waals surface area (Å²) in [5.74, 6) is 0.597. The van der Waals surface area contributed by atoms with Crippen molar-refractivity contribution in [3.8, 4) is 33.6 Å². The van der Waals surface area contributed by atoms with E-state index < -0.39 is 0 Å². The predicted octanol–water partition coefficient (Wildman–Crippen LogP) is 7.08. The Bertz CT molecular complexity index is 1470. The zero-order valence-corrected chi connectivity index (χ0v) is 16.2. The maximum atomic E-state index is 5.61. The van der Waals surface area contributed by atoms with Crippen LogP contribution in [0.4, 0.5) is 0 Å². The first-order valence-electron chi connectivity index (χ1n) is 9.97. The Morgan fingerprint density at radius 2 is 1.27 bits per heavy atom. The molecule has 0 unspecified atom stereocenters. The highest BCUT2D eigenvalue weighted by Crippen LogP contribution is 2.35. The number of aromatic nitrogens is 2. The van der Waals surface area contributed by atoms with Gasteiger partial charge in [0.2, 0.25) is 0 Å². The van der Waals surface area contributed by atoms with Crippen LogP contribution in [0.5, 0.6) is 0 Å². The highest BCUT2D eigenvalue weighted by molar-refractivity contribution is 5.90. The second-order valence-corrected chi connectivity index (χ2v) is 7.37. The summed E-state index contributed by atoms with van der Waals surface area (Å²) in [4.78, 5) is 4.80. The van der Waals surface area contributed by atoms with Gasteiger partial charge < -0.3 is 4.42 Å². The van der Waals surface area contributed by atoms with E-state index >= 15 is 0 Å². The fourth-order valence-electron chi connectivity index (χ4n) is 4.05. The molecular formula is C27H18N2O. The molecule has 0 atom stereocenters. The predicted molar refractivity (Wildman–Crippen MR) is 121 cm³/mol. The van der Waals surface area contributed by atoms with Gasteiger partial charge in [0, 0.05) is 17.3 Å². The standard InChI is InChI=1S/C27H18N2O/c1-2-6-19(7-3-1)21-10-13-22(14-11-21)25-26(29-16-17-30-27(29)28-25)24-15-12-20-8-4-5-9-23(20)18-24/h1-18H. The van der Waals surface area contributed by atoms with Crippen molar-refractivity contribution in [1.29, 1.82) is 0 Å². The molecule has 0 bridgehead atoms. The summed E-state index contributed by atoms with van der Waals surface area (Å²) >= 11 is 0. The number of imidazole rings is 1. The number of fused-ring (bicyclic) bond motifs is 2. The van der Waals surface area contributed by atoms with Gasteiger partial charge in [0.25, 0.3) is 0 Å². The molecule has 0 spiro atoms. The van der Waals surface area contributed by atoms with Gasteiger partial charge in [0.15, 0.2) is 0 Å². The van der Waals surface area contributed by atoms with E-state index in [-0.39, 0.29) is 0 Å². The first kappa shape index (κ1) is 16.8. The number of rotatable bonds is 3. The summed E-state index contributed by atoms with van der Waals surface area (Å²) in [6.45, 7) is 0. The Kier molecular flexibility index (Phi) is 3.78. The fourth-order valence-corrected chi connectivity index (χ4v) is 4.05. The Hall–Kier alpha value is -4.11. The van der Waals surface area contributed by atoms with E-state index in [1.165, 1.54) is 21.9 Å². The van der Waals surface area contributed by atoms with Crippen molar-refractivity contribution >= 4 is 16.6 Å². The molecule has 0 saturated heterocycles. The second-order valence-electron chi connectivity index (χ2n) is 7.37. The molecule has 3 nitrogen and oxygen atoms in total. The van der Waals surface area contributed by atoms with Gasteiger partial charge in [-0.2, -0.15) is 4.98 Å². The lowest BCUT2D eigenvalue weighted by Gasteiger charge is -2.08. The summed E-state index contributed by atoms with van der Waals surface area (Å²) in [5.41, 5.74) is 6.54. The lowest BCUT2D eigenvalue weighted by molar-refractivity contribution is 0.596. The third-order valence-corrected chi connectivity index (χ3v) is 5.55. The minimum absolute atomic E-state index is 0.597. The van der Waals surface area contributed by atoms with Gasteiger partial charge >= 0.3 is 5.84 Å². The summed E-state index contributed by atoms with van der Waals surface area (Å²) in [6.07, 6.45) is 3.60. The quantitative estimate of drug-likeness (QED) is 0.325. The molecule has 2 aromatic heterocycles. The lowest BCUT2D eigenvalue weighted by Crippen LogP contribution is -1.88. The molecule has 0 aliphatic heterocycles. The monoisotopic (exact) mass is 386 g/mol. The molecule has 142 valence electrons. The molecule has 0 amide bonds. The molecule has 0 aliphatic carbocycles. The first-order chi connectivity index (χ1) is 14.9. The van der Waals surface area contributed by atoms with Crippen LogP contribution >= 0.6 is 0 Å². The average molecular weight is 386 g/mol. The van der Waals surface area contributed by atoms with E-state index in [4.69, 9.17) is 9.40 Å². The van der Waals surface area contributed by atoms with E-state index in [1.807, 2.05) is 16.7 Å². The third-order valence-electron chi connectivity index (χ3n) is 5.55. The van der Waals surface area contributed by atoms with Gasteiger partial charge in [-0.05, 0) is 28.0 Å². The van der Waals surface area contributed by atoms with E-state index in [9.17, 15) is 0 Å². The molecule has 0 aliphatic rings. The van der Waals surface area contributed by atoms with E-state index in [0.717, 1.165) is 22.5 Å². The maximum Gasteiger partial charge on any atom is 0.306 e. The van der Waals surface area contributed by atoms with E-state index in [2.05, 4.69) is 91.0 Å². The van der Waals surface area contributed by atoms with Crippen molar-refractivity contribution in [3.05, 3.63) is 110 Å². The van der Waals surface area contributed by atoms with Gasteiger partial charge in [0.05, 0.1) is 5.69 Å². The Morgan fingerprint density at radius 1 is 0.600 bits per heavy atom. The van der Waals surface area contributed by atoms with Crippen molar-refractivity contribution in [2.75, 3.05) is 0 Å². The zero-order valence-electron chi connectivity index (χ0n) is 16.2. The van der Waals surface area contributed by atoms with E-state index in [1.54, 1.807) is 6.26 Å². The third kappa shape index (κ3) is 2.72. The Labute approximate surface area is 173 Å². The number of nitrogens with zero attached hydrogens (tertiary/aromatic N) is 2. The summed E-state index contributed by atoms with van der Waals surface area (Å²) < 4.78 is 7.63. The van der Waals surface area contributed by atoms with Crippen LogP contribution in [0.25, 0.3) is 50.3 Å². The highest BCUT2D eigenvalue weighted by Gasteiger charge is 2.18. The highest BCUT2D eigenvalue weighted by atomic mass is 16.3. The van der Waals surface area contributed by atoms with Gasteiger partial charge in [-0.15, -0.1) is 0 Å². The minimum atomic E-state index is 0.597. The van der Waals surface area contributed by atoms with Crippen LogP contribution < -0.4 is 0 Å². The van der Waals surface area contributed by atoms with Gasteiger partial charge in [-0.3, -0.25) is 4.40 Å². The molecule has 0 saturated carbocycles. The molecule has 6 rings (SSSR count). The van der Waals surface area contributed by atoms with Crippen LogP contribution in [0.1, 0.15) is 0 Å². The summed E-state index contributed by atoms with van der Waals surface area (Å²) in [6, 6.07) is 33.9. The first-order valence-corrected chi connectivity index (χ1v) is 9.97. The van der Waals surface area contributed by atoms with Gasteiger partial charge in [-0.1, -0.05) is 91.0 Å². The SMILES string of the molecule is c1ccc(-c2ccc(-c3nc4occn4c3-c3ccc4ccccc4c3)cc2)cc1. The number of benzene rings is 4. The molecule has 2 heterocycles. The zero-order chi connectivity index (χ0) is 19.9. The maximum absolute atomic E-state index is 5.61. The molecular weight excluding hydrogens is 368 g/mol. The van der Waals surface area contributed by atoms with Gasteiger partial charge in [0.1, 0.15) is 12.0 Å². The fraction of sp³-hybridized carbons (Fsp3) is 0. The van der Waals surface area contributed by atoms with Crippen LogP contribution in [0.2, 0.25) is 0 Å². The lowest BCUT2D eigenvalue weighted by atomic mass is 9.99.